The van der Waals surface area contributed by atoms with Crippen LogP contribution in [-0.2, 0) is 4.79 Å². The summed E-state index contributed by atoms with van der Waals surface area (Å²) in [5, 5.41) is 3.79. The van der Waals surface area contributed by atoms with Crippen LogP contribution in [0.3, 0.4) is 0 Å². The zero-order valence-electron chi connectivity index (χ0n) is 10.9. The first-order valence-corrected chi connectivity index (χ1v) is 7.14. The highest BCUT2D eigenvalue weighted by atomic mass is 35.5. The van der Waals surface area contributed by atoms with Gasteiger partial charge in [-0.1, -0.05) is 59.6 Å². The van der Waals surface area contributed by atoms with Crippen molar-refractivity contribution in [2.24, 2.45) is 0 Å². The molecule has 104 valence electrons. The summed E-state index contributed by atoms with van der Waals surface area (Å²) in [6.07, 6.45) is 3.66. The summed E-state index contributed by atoms with van der Waals surface area (Å²) in [6, 6.07) is 15.0. The molecule has 0 saturated heterocycles. The Morgan fingerprint density at radius 3 is 2.43 bits per heavy atom. The Balaban J connectivity index is 1.95. The van der Waals surface area contributed by atoms with Gasteiger partial charge in [0, 0.05) is 11.3 Å². The molecule has 1 heterocycles. The van der Waals surface area contributed by atoms with E-state index in [0.717, 1.165) is 16.8 Å². The molecular weight excluding hydrogens is 305 g/mol. The van der Waals surface area contributed by atoms with E-state index in [9.17, 15) is 4.79 Å². The van der Waals surface area contributed by atoms with Crippen molar-refractivity contribution in [1.82, 2.24) is 5.32 Å². The number of rotatable bonds is 2. The summed E-state index contributed by atoms with van der Waals surface area (Å²) >= 11 is 11.9. The van der Waals surface area contributed by atoms with Crippen LogP contribution >= 0.6 is 23.2 Å². The van der Waals surface area contributed by atoms with Crippen molar-refractivity contribution >= 4 is 40.9 Å². The van der Waals surface area contributed by atoms with Crippen molar-refractivity contribution in [1.29, 1.82) is 0 Å². The van der Waals surface area contributed by atoms with Crippen LogP contribution in [0.1, 0.15) is 11.1 Å². The first-order valence-electron chi connectivity index (χ1n) is 6.39. The third-order valence-corrected chi connectivity index (χ3v) is 3.90. The lowest BCUT2D eigenvalue weighted by molar-refractivity contribution is -0.115. The maximum Gasteiger partial charge on any atom is 0.255 e. The molecule has 0 spiro atoms. The Labute approximate surface area is 132 Å². The Morgan fingerprint density at radius 1 is 0.952 bits per heavy atom. The van der Waals surface area contributed by atoms with Crippen molar-refractivity contribution in [3.05, 3.63) is 81.4 Å². The minimum absolute atomic E-state index is 0.125. The molecule has 3 rings (SSSR count). The lowest BCUT2D eigenvalue weighted by atomic mass is 10.1. The predicted molar refractivity (Wildman–Crippen MR) is 87.0 cm³/mol. The molecule has 0 saturated carbocycles. The molecular formula is C17H11Cl2NO. The normalized spacial score (nSPS) is 16.0. The second kappa shape index (κ2) is 5.76. The molecule has 4 heteroatoms. The minimum atomic E-state index is -0.125. The van der Waals surface area contributed by atoms with Gasteiger partial charge in [0.05, 0.1) is 10.0 Å². The van der Waals surface area contributed by atoms with Crippen molar-refractivity contribution in [3.63, 3.8) is 0 Å². The van der Waals surface area contributed by atoms with Crippen molar-refractivity contribution < 1.29 is 4.79 Å². The molecule has 0 fully saturated rings. The molecule has 2 aromatic carbocycles. The quantitative estimate of drug-likeness (QED) is 0.809. The maximum atomic E-state index is 12.0. The fourth-order valence-electron chi connectivity index (χ4n) is 2.11. The van der Waals surface area contributed by atoms with Crippen molar-refractivity contribution in [3.8, 4) is 0 Å². The van der Waals surface area contributed by atoms with Gasteiger partial charge in [-0.3, -0.25) is 4.79 Å². The third kappa shape index (κ3) is 3.02. The standard InChI is InChI=1S/C17H11Cl2NO/c18-14-7-6-12(9-15(14)19)16-10-13(17(21)20-16)8-11-4-2-1-3-5-11/h1-10H,(H,20,21)/b13-8+. The topological polar surface area (TPSA) is 29.1 Å². The number of carbonyl (C=O) groups is 1. The predicted octanol–water partition coefficient (Wildman–Crippen LogP) is 4.55. The van der Waals surface area contributed by atoms with Gasteiger partial charge in [0.2, 0.25) is 0 Å². The summed E-state index contributed by atoms with van der Waals surface area (Å²) in [6.45, 7) is 0. The van der Waals surface area contributed by atoms with Crippen LogP contribution in [0.25, 0.3) is 11.8 Å². The molecule has 0 aliphatic carbocycles. The van der Waals surface area contributed by atoms with Gasteiger partial charge < -0.3 is 5.32 Å². The van der Waals surface area contributed by atoms with Crippen LogP contribution in [0.15, 0.2) is 60.2 Å². The highest BCUT2D eigenvalue weighted by molar-refractivity contribution is 6.42. The summed E-state index contributed by atoms with van der Waals surface area (Å²) in [4.78, 5) is 12.0. The van der Waals surface area contributed by atoms with E-state index in [1.54, 1.807) is 12.1 Å². The highest BCUT2D eigenvalue weighted by Crippen LogP contribution is 2.28. The smallest absolute Gasteiger partial charge is 0.255 e. The molecule has 0 radical (unpaired) electrons. The molecule has 1 aliphatic rings. The number of hydrogen-bond donors (Lipinski definition) is 1. The SMILES string of the molecule is O=C1NC(c2ccc(Cl)c(Cl)c2)=C/C1=C\c1ccccc1. The average molecular weight is 316 g/mol. The molecule has 1 aliphatic heterocycles. The number of carbonyl (C=O) groups excluding carboxylic acids is 1. The van der Waals surface area contributed by atoms with E-state index in [2.05, 4.69) is 5.32 Å². The largest absolute Gasteiger partial charge is 0.321 e. The van der Waals surface area contributed by atoms with E-state index >= 15 is 0 Å². The molecule has 1 amide bonds. The van der Waals surface area contributed by atoms with Gasteiger partial charge in [-0.15, -0.1) is 0 Å². The molecule has 1 N–H and O–H groups in total. The first kappa shape index (κ1) is 13.9. The number of halogens is 2. The van der Waals surface area contributed by atoms with Gasteiger partial charge in [0.1, 0.15) is 0 Å². The lowest BCUT2D eigenvalue weighted by Gasteiger charge is -2.04. The molecule has 2 aromatic rings. The lowest BCUT2D eigenvalue weighted by Crippen LogP contribution is -2.15. The van der Waals surface area contributed by atoms with E-state index in [1.165, 1.54) is 0 Å². The van der Waals surface area contributed by atoms with E-state index in [1.807, 2.05) is 48.6 Å². The molecule has 2 nitrogen and oxygen atoms in total. The number of amides is 1. The second-order valence-corrected chi connectivity index (χ2v) is 5.47. The van der Waals surface area contributed by atoms with Crippen molar-refractivity contribution in [2.75, 3.05) is 0 Å². The minimum Gasteiger partial charge on any atom is -0.321 e. The molecule has 0 bridgehead atoms. The summed E-state index contributed by atoms with van der Waals surface area (Å²) in [5.74, 6) is -0.125. The van der Waals surface area contributed by atoms with Crippen LogP contribution in [0.5, 0.6) is 0 Å². The van der Waals surface area contributed by atoms with E-state index in [0.29, 0.717) is 15.6 Å². The second-order valence-electron chi connectivity index (χ2n) is 4.65. The fraction of sp³-hybridized carbons (Fsp3) is 0. The Bertz CT molecular complexity index is 764. The monoisotopic (exact) mass is 315 g/mol. The summed E-state index contributed by atoms with van der Waals surface area (Å²) in [7, 11) is 0. The fourth-order valence-corrected chi connectivity index (χ4v) is 2.40. The Morgan fingerprint density at radius 2 is 1.71 bits per heavy atom. The third-order valence-electron chi connectivity index (χ3n) is 3.16. The van der Waals surface area contributed by atoms with Gasteiger partial charge in [-0.05, 0) is 35.4 Å². The Hall–Kier alpha value is -2.03. The number of hydrogen-bond acceptors (Lipinski definition) is 1. The van der Waals surface area contributed by atoms with Crippen LogP contribution in [0.2, 0.25) is 10.0 Å². The number of benzene rings is 2. The van der Waals surface area contributed by atoms with Gasteiger partial charge in [-0.2, -0.15) is 0 Å². The molecule has 0 unspecified atom stereocenters. The molecule has 0 aromatic heterocycles. The van der Waals surface area contributed by atoms with Gasteiger partial charge >= 0.3 is 0 Å². The van der Waals surface area contributed by atoms with Crippen molar-refractivity contribution in [2.45, 2.75) is 0 Å². The molecule has 21 heavy (non-hydrogen) atoms. The number of nitrogens with one attached hydrogen (secondary N) is 1. The van der Waals surface area contributed by atoms with E-state index < -0.39 is 0 Å². The highest BCUT2D eigenvalue weighted by Gasteiger charge is 2.19. The summed E-state index contributed by atoms with van der Waals surface area (Å²) in [5.41, 5.74) is 3.14. The van der Waals surface area contributed by atoms with Crippen LogP contribution in [0.4, 0.5) is 0 Å². The van der Waals surface area contributed by atoms with Crippen LogP contribution in [-0.4, -0.2) is 5.91 Å². The first-order chi connectivity index (χ1) is 10.1. The van der Waals surface area contributed by atoms with E-state index in [4.69, 9.17) is 23.2 Å². The van der Waals surface area contributed by atoms with Gasteiger partial charge in [0.15, 0.2) is 0 Å². The Kier molecular flexibility index (Phi) is 3.82. The van der Waals surface area contributed by atoms with Crippen LogP contribution in [0, 0.1) is 0 Å². The maximum absolute atomic E-state index is 12.0. The molecule has 0 atom stereocenters. The van der Waals surface area contributed by atoms with Crippen LogP contribution < -0.4 is 5.32 Å². The van der Waals surface area contributed by atoms with Gasteiger partial charge in [0.25, 0.3) is 5.91 Å². The van der Waals surface area contributed by atoms with Gasteiger partial charge in [-0.25, -0.2) is 0 Å². The van der Waals surface area contributed by atoms with E-state index in [-0.39, 0.29) is 5.91 Å². The zero-order valence-corrected chi connectivity index (χ0v) is 12.4. The zero-order chi connectivity index (χ0) is 14.8. The average Bonchev–Trinajstić information content (AvgIpc) is 2.84. The summed E-state index contributed by atoms with van der Waals surface area (Å²) < 4.78 is 0.